The zero-order chi connectivity index (χ0) is 18.5. The van der Waals surface area contributed by atoms with Gasteiger partial charge in [-0.1, -0.05) is 0 Å². The Morgan fingerprint density at radius 1 is 1.38 bits per heavy atom. The molecule has 8 nitrogen and oxygen atoms in total. The van der Waals surface area contributed by atoms with E-state index in [2.05, 4.69) is 10.3 Å². The third-order valence-electron chi connectivity index (χ3n) is 4.67. The van der Waals surface area contributed by atoms with Crippen LogP contribution in [0.4, 0.5) is 11.4 Å². The molecule has 1 aromatic carbocycles. The van der Waals surface area contributed by atoms with Crippen LogP contribution in [0.2, 0.25) is 0 Å². The lowest BCUT2D eigenvalue weighted by molar-refractivity contribution is -0.383. The van der Waals surface area contributed by atoms with E-state index in [1.807, 2.05) is 4.90 Å². The molecule has 3 rings (SSSR count). The molecule has 0 bridgehead atoms. The topological polar surface area (TPSA) is 97.6 Å². The van der Waals surface area contributed by atoms with E-state index in [1.165, 1.54) is 6.07 Å². The summed E-state index contributed by atoms with van der Waals surface area (Å²) in [6, 6.07) is 6.83. The van der Waals surface area contributed by atoms with Crippen LogP contribution in [-0.2, 0) is 9.53 Å². The number of ether oxygens (including phenoxy) is 1. The lowest BCUT2D eigenvalue weighted by Gasteiger charge is -2.33. The zero-order valence-electron chi connectivity index (χ0n) is 14.7. The van der Waals surface area contributed by atoms with Gasteiger partial charge in [0.05, 0.1) is 29.0 Å². The highest BCUT2D eigenvalue weighted by molar-refractivity contribution is 5.96. The first-order valence-corrected chi connectivity index (χ1v) is 8.65. The summed E-state index contributed by atoms with van der Waals surface area (Å²) in [6.45, 7) is 1.83. The number of carbonyl (C=O) groups excluding carboxylic acids is 1. The molecule has 0 atom stereocenters. The third kappa shape index (κ3) is 3.91. The van der Waals surface area contributed by atoms with Gasteiger partial charge in [0, 0.05) is 38.5 Å². The van der Waals surface area contributed by atoms with Gasteiger partial charge in [-0.3, -0.25) is 19.9 Å². The number of fused-ring (bicyclic) bond motifs is 1. The van der Waals surface area contributed by atoms with E-state index in [-0.39, 0.29) is 17.6 Å². The Kier molecular flexibility index (Phi) is 5.62. The number of hydrogen-bond donors (Lipinski definition) is 1. The Labute approximate surface area is 151 Å². The molecule has 138 valence electrons. The monoisotopic (exact) mass is 358 g/mol. The van der Waals surface area contributed by atoms with Crippen molar-refractivity contribution in [1.29, 1.82) is 0 Å². The van der Waals surface area contributed by atoms with Gasteiger partial charge >= 0.3 is 0 Å². The van der Waals surface area contributed by atoms with Gasteiger partial charge < -0.3 is 15.0 Å². The van der Waals surface area contributed by atoms with E-state index < -0.39 is 4.92 Å². The number of methoxy groups -OCH3 is 1. The molecule has 8 heteroatoms. The van der Waals surface area contributed by atoms with E-state index >= 15 is 0 Å². The first-order valence-electron chi connectivity index (χ1n) is 8.65. The zero-order valence-corrected chi connectivity index (χ0v) is 14.7. The predicted molar refractivity (Wildman–Crippen MR) is 98.1 cm³/mol. The molecular formula is C18H22N4O4. The number of nitro groups is 1. The highest BCUT2D eigenvalue weighted by Gasteiger charge is 2.23. The molecule has 0 saturated carbocycles. The van der Waals surface area contributed by atoms with Gasteiger partial charge in [-0.25, -0.2) is 0 Å². The molecule has 1 fully saturated rings. The average molecular weight is 358 g/mol. The lowest BCUT2D eigenvalue weighted by Crippen LogP contribution is -2.42. The van der Waals surface area contributed by atoms with Crippen LogP contribution in [0.25, 0.3) is 10.9 Å². The number of rotatable bonds is 6. The average Bonchev–Trinajstić information content (AvgIpc) is 2.66. The molecule has 1 saturated heterocycles. The molecule has 0 aliphatic carbocycles. The van der Waals surface area contributed by atoms with Crippen molar-refractivity contribution in [1.82, 2.24) is 9.88 Å². The molecule has 2 heterocycles. The number of anilines is 1. The number of non-ortho nitro benzene ring substituents is 1. The highest BCUT2D eigenvalue weighted by atomic mass is 16.6. The molecule has 1 aliphatic heterocycles. The van der Waals surface area contributed by atoms with Crippen molar-refractivity contribution in [3.63, 3.8) is 0 Å². The Balaban J connectivity index is 1.68. The summed E-state index contributed by atoms with van der Waals surface area (Å²) in [4.78, 5) is 29.0. The summed E-state index contributed by atoms with van der Waals surface area (Å²) in [5.74, 6) is 0.118. The Hall–Kier alpha value is -2.74. The fraction of sp³-hybridized carbons (Fsp3) is 0.444. The van der Waals surface area contributed by atoms with Gasteiger partial charge in [-0.15, -0.1) is 0 Å². The molecule has 1 aromatic heterocycles. The summed E-state index contributed by atoms with van der Waals surface area (Å²) in [5.41, 5.74) is 1.44. The number of pyridine rings is 1. The Morgan fingerprint density at radius 3 is 2.85 bits per heavy atom. The number of nitro benzene ring substituents is 1. The van der Waals surface area contributed by atoms with Gasteiger partial charge in [-0.2, -0.15) is 0 Å². The molecule has 26 heavy (non-hydrogen) atoms. The van der Waals surface area contributed by atoms with Gasteiger partial charge in [-0.05, 0) is 31.0 Å². The van der Waals surface area contributed by atoms with Crippen LogP contribution in [0.15, 0.2) is 30.5 Å². The van der Waals surface area contributed by atoms with E-state index in [4.69, 9.17) is 4.74 Å². The molecule has 0 unspecified atom stereocenters. The van der Waals surface area contributed by atoms with Crippen molar-refractivity contribution in [2.75, 3.05) is 32.1 Å². The number of nitrogens with zero attached hydrogens (tertiary/aromatic N) is 3. The van der Waals surface area contributed by atoms with E-state index in [0.29, 0.717) is 37.0 Å². The highest BCUT2D eigenvalue weighted by Crippen LogP contribution is 2.31. The minimum absolute atomic E-state index is 0.0530. The summed E-state index contributed by atoms with van der Waals surface area (Å²) in [5, 5.41) is 15.2. The maximum Gasteiger partial charge on any atom is 0.278 e. The number of nitrogens with one attached hydrogen (secondary N) is 1. The second kappa shape index (κ2) is 8.09. The van der Waals surface area contributed by atoms with Crippen molar-refractivity contribution in [2.45, 2.75) is 25.3 Å². The van der Waals surface area contributed by atoms with Crippen molar-refractivity contribution in [2.24, 2.45) is 0 Å². The van der Waals surface area contributed by atoms with Gasteiger partial charge in [0.25, 0.3) is 5.69 Å². The van der Waals surface area contributed by atoms with Crippen LogP contribution in [-0.4, -0.2) is 53.6 Å². The van der Waals surface area contributed by atoms with Crippen molar-refractivity contribution < 1.29 is 14.5 Å². The van der Waals surface area contributed by atoms with Crippen LogP contribution in [0.1, 0.15) is 19.3 Å². The van der Waals surface area contributed by atoms with E-state index in [0.717, 1.165) is 18.5 Å². The number of hydrogen-bond acceptors (Lipinski definition) is 6. The standard InChI is InChI=1S/C18H22N4O4/c1-26-12-8-17(23)21-10-6-13(7-11-21)20-15-4-5-16(22(24)25)14-3-2-9-19-18(14)15/h2-5,9,13,20H,6-8,10-12H2,1H3. The molecular weight excluding hydrogens is 336 g/mol. The Bertz CT molecular complexity index is 803. The van der Waals surface area contributed by atoms with Gasteiger partial charge in [0.15, 0.2) is 0 Å². The van der Waals surface area contributed by atoms with Crippen LogP contribution in [0.3, 0.4) is 0 Å². The fourth-order valence-electron chi connectivity index (χ4n) is 3.27. The number of carbonyl (C=O) groups is 1. The maximum atomic E-state index is 12.0. The lowest BCUT2D eigenvalue weighted by atomic mass is 10.0. The summed E-state index contributed by atoms with van der Waals surface area (Å²) in [7, 11) is 1.59. The number of likely N-dealkylation sites (tertiary alicyclic amines) is 1. The van der Waals surface area contributed by atoms with Crippen molar-refractivity contribution >= 4 is 28.2 Å². The first-order chi connectivity index (χ1) is 12.6. The third-order valence-corrected chi connectivity index (χ3v) is 4.67. The summed E-state index contributed by atoms with van der Waals surface area (Å²) < 4.78 is 4.96. The van der Waals surface area contributed by atoms with Crippen LogP contribution in [0.5, 0.6) is 0 Å². The minimum Gasteiger partial charge on any atom is -0.384 e. The van der Waals surface area contributed by atoms with Crippen LogP contribution in [0, 0.1) is 10.1 Å². The predicted octanol–water partition coefficient (Wildman–Crippen LogP) is 2.58. The smallest absolute Gasteiger partial charge is 0.278 e. The maximum absolute atomic E-state index is 12.0. The number of aromatic nitrogens is 1. The molecule has 0 spiro atoms. The van der Waals surface area contributed by atoms with E-state index in [1.54, 1.807) is 31.5 Å². The first kappa shape index (κ1) is 18.1. The second-order valence-corrected chi connectivity index (χ2v) is 6.33. The largest absolute Gasteiger partial charge is 0.384 e. The molecule has 1 aliphatic rings. The SMILES string of the molecule is COCCC(=O)N1CCC(Nc2ccc([N+](=O)[O-])c3cccnc23)CC1. The summed E-state index contributed by atoms with van der Waals surface area (Å²) >= 11 is 0. The minimum atomic E-state index is -0.391. The molecule has 0 radical (unpaired) electrons. The van der Waals surface area contributed by atoms with Crippen molar-refractivity contribution in [3.05, 3.63) is 40.6 Å². The summed E-state index contributed by atoms with van der Waals surface area (Å²) in [6.07, 6.45) is 3.69. The number of benzene rings is 1. The second-order valence-electron chi connectivity index (χ2n) is 6.33. The van der Waals surface area contributed by atoms with Gasteiger partial charge in [0.1, 0.15) is 5.52 Å². The van der Waals surface area contributed by atoms with Crippen LogP contribution < -0.4 is 5.32 Å². The molecule has 1 amide bonds. The normalized spacial score (nSPS) is 15.2. The molecule has 1 N–H and O–H groups in total. The Morgan fingerprint density at radius 2 is 2.15 bits per heavy atom. The molecule has 2 aromatic rings. The fourth-order valence-corrected chi connectivity index (χ4v) is 3.27. The quantitative estimate of drug-likeness (QED) is 0.630. The number of piperidine rings is 1. The number of amides is 1. The van der Waals surface area contributed by atoms with Crippen LogP contribution >= 0.6 is 0 Å². The van der Waals surface area contributed by atoms with Gasteiger partial charge in [0.2, 0.25) is 5.91 Å². The van der Waals surface area contributed by atoms with Crippen molar-refractivity contribution in [3.8, 4) is 0 Å². The van der Waals surface area contributed by atoms with E-state index in [9.17, 15) is 14.9 Å².